The van der Waals surface area contributed by atoms with Gasteiger partial charge in [-0.2, -0.15) is 5.10 Å². The highest BCUT2D eigenvalue weighted by molar-refractivity contribution is 5.78. The maximum Gasteiger partial charge on any atom is 0.133 e. The highest BCUT2D eigenvalue weighted by atomic mass is 19.1. The monoisotopic (exact) mass is 323 g/mol. The van der Waals surface area contributed by atoms with Crippen molar-refractivity contribution in [2.24, 2.45) is 0 Å². The molecule has 1 saturated heterocycles. The Morgan fingerprint density at radius 1 is 1.21 bits per heavy atom. The van der Waals surface area contributed by atoms with Crippen LogP contribution in [0.1, 0.15) is 24.6 Å². The maximum atomic E-state index is 13.5. The van der Waals surface area contributed by atoms with Gasteiger partial charge in [-0.3, -0.25) is 5.10 Å². The molecule has 24 heavy (non-hydrogen) atoms. The highest BCUT2D eigenvalue weighted by Crippen LogP contribution is 2.30. The van der Waals surface area contributed by atoms with Crippen LogP contribution in [0.4, 0.5) is 4.39 Å². The van der Waals surface area contributed by atoms with Gasteiger partial charge in [-0.05, 0) is 37.6 Å². The van der Waals surface area contributed by atoms with Gasteiger partial charge in [0.05, 0.1) is 17.6 Å². The molecule has 1 atom stereocenters. The molecule has 2 aromatic heterocycles. The van der Waals surface area contributed by atoms with Crippen LogP contribution in [-0.2, 0) is 0 Å². The van der Waals surface area contributed by atoms with E-state index in [2.05, 4.69) is 20.5 Å². The molecule has 1 aliphatic rings. The van der Waals surface area contributed by atoms with E-state index in [-0.39, 0.29) is 5.82 Å². The zero-order chi connectivity index (χ0) is 16.4. The number of benzene rings is 1. The SMILES string of the molecule is Fc1cccc(-c2[nH]ncc2-c2ccnc(C3CCCNC3)n2)c1. The molecule has 3 heterocycles. The number of piperidine rings is 1. The molecule has 1 unspecified atom stereocenters. The van der Waals surface area contributed by atoms with Crippen LogP contribution in [0.3, 0.4) is 0 Å². The first kappa shape index (κ1) is 15.0. The lowest BCUT2D eigenvalue weighted by atomic mass is 9.98. The van der Waals surface area contributed by atoms with E-state index in [9.17, 15) is 4.39 Å². The largest absolute Gasteiger partial charge is 0.316 e. The van der Waals surface area contributed by atoms with E-state index >= 15 is 0 Å². The van der Waals surface area contributed by atoms with E-state index < -0.39 is 0 Å². The first-order valence-corrected chi connectivity index (χ1v) is 8.14. The van der Waals surface area contributed by atoms with Crippen LogP contribution in [0, 0.1) is 5.82 Å². The van der Waals surface area contributed by atoms with E-state index in [1.807, 2.05) is 12.1 Å². The molecule has 4 rings (SSSR count). The van der Waals surface area contributed by atoms with Gasteiger partial charge in [0.15, 0.2) is 0 Å². The molecule has 2 N–H and O–H groups in total. The Morgan fingerprint density at radius 3 is 3.00 bits per heavy atom. The lowest BCUT2D eigenvalue weighted by Gasteiger charge is -2.21. The predicted molar refractivity (Wildman–Crippen MR) is 89.9 cm³/mol. The van der Waals surface area contributed by atoms with Crippen molar-refractivity contribution in [2.45, 2.75) is 18.8 Å². The number of hydrogen-bond acceptors (Lipinski definition) is 4. The molecule has 0 radical (unpaired) electrons. The fourth-order valence-electron chi connectivity index (χ4n) is 3.14. The van der Waals surface area contributed by atoms with Gasteiger partial charge >= 0.3 is 0 Å². The summed E-state index contributed by atoms with van der Waals surface area (Å²) in [5.41, 5.74) is 3.18. The lowest BCUT2D eigenvalue weighted by Crippen LogP contribution is -2.29. The number of H-pyrrole nitrogens is 1. The third kappa shape index (κ3) is 2.92. The van der Waals surface area contributed by atoms with Crippen molar-refractivity contribution >= 4 is 0 Å². The summed E-state index contributed by atoms with van der Waals surface area (Å²) in [5.74, 6) is 0.916. The van der Waals surface area contributed by atoms with Gasteiger partial charge in [0.1, 0.15) is 11.6 Å². The minimum atomic E-state index is -0.273. The topological polar surface area (TPSA) is 66.5 Å². The van der Waals surface area contributed by atoms with Crippen molar-refractivity contribution in [2.75, 3.05) is 13.1 Å². The average molecular weight is 323 g/mol. The molecule has 1 fully saturated rings. The number of aromatic nitrogens is 4. The summed E-state index contributed by atoms with van der Waals surface area (Å²) in [6, 6.07) is 8.33. The second-order valence-electron chi connectivity index (χ2n) is 6.01. The van der Waals surface area contributed by atoms with Crippen LogP contribution >= 0.6 is 0 Å². The summed E-state index contributed by atoms with van der Waals surface area (Å²) >= 11 is 0. The standard InChI is InChI=1S/C18H18FN5/c19-14-5-1-3-12(9-14)17-15(11-22-24-17)16-6-8-21-18(23-16)13-4-2-7-20-10-13/h1,3,5-6,8-9,11,13,20H,2,4,7,10H2,(H,22,24). The molecule has 5 nitrogen and oxygen atoms in total. The van der Waals surface area contributed by atoms with Gasteiger partial charge in [-0.1, -0.05) is 12.1 Å². The van der Waals surface area contributed by atoms with Gasteiger partial charge in [-0.25, -0.2) is 14.4 Å². The summed E-state index contributed by atoms with van der Waals surface area (Å²) in [4.78, 5) is 9.19. The van der Waals surface area contributed by atoms with Crippen LogP contribution in [0.5, 0.6) is 0 Å². The zero-order valence-electron chi connectivity index (χ0n) is 13.2. The van der Waals surface area contributed by atoms with Crippen LogP contribution in [0.2, 0.25) is 0 Å². The first-order valence-electron chi connectivity index (χ1n) is 8.14. The van der Waals surface area contributed by atoms with E-state index in [4.69, 9.17) is 4.98 Å². The van der Waals surface area contributed by atoms with Crippen molar-refractivity contribution < 1.29 is 4.39 Å². The number of halogens is 1. The van der Waals surface area contributed by atoms with Gasteiger partial charge in [0.25, 0.3) is 0 Å². The molecule has 1 aliphatic heterocycles. The van der Waals surface area contributed by atoms with Crippen molar-refractivity contribution in [3.63, 3.8) is 0 Å². The first-order chi connectivity index (χ1) is 11.8. The molecule has 1 aromatic carbocycles. The van der Waals surface area contributed by atoms with Gasteiger partial charge in [0.2, 0.25) is 0 Å². The molecule has 0 amide bonds. The van der Waals surface area contributed by atoms with Crippen molar-refractivity contribution in [1.82, 2.24) is 25.5 Å². The second-order valence-corrected chi connectivity index (χ2v) is 6.01. The molecule has 0 aliphatic carbocycles. The quantitative estimate of drug-likeness (QED) is 0.777. The Morgan fingerprint density at radius 2 is 2.17 bits per heavy atom. The summed E-state index contributed by atoms with van der Waals surface area (Å²) < 4.78 is 13.5. The highest BCUT2D eigenvalue weighted by Gasteiger charge is 2.19. The van der Waals surface area contributed by atoms with E-state index in [0.717, 1.165) is 54.3 Å². The van der Waals surface area contributed by atoms with E-state index in [1.54, 1.807) is 18.5 Å². The third-order valence-corrected chi connectivity index (χ3v) is 4.36. The summed E-state index contributed by atoms with van der Waals surface area (Å²) in [6.07, 6.45) is 5.75. The van der Waals surface area contributed by atoms with Crippen LogP contribution < -0.4 is 5.32 Å². The lowest BCUT2D eigenvalue weighted by molar-refractivity contribution is 0.447. The van der Waals surface area contributed by atoms with Crippen molar-refractivity contribution in [3.8, 4) is 22.5 Å². The molecular weight excluding hydrogens is 305 g/mol. The Bertz CT molecular complexity index is 839. The van der Waals surface area contributed by atoms with Crippen molar-refractivity contribution in [3.05, 3.63) is 54.4 Å². The third-order valence-electron chi connectivity index (χ3n) is 4.36. The molecule has 0 bridgehead atoms. The minimum Gasteiger partial charge on any atom is -0.316 e. The fourth-order valence-corrected chi connectivity index (χ4v) is 3.14. The molecule has 0 saturated carbocycles. The Hall–Kier alpha value is -2.60. The fraction of sp³-hybridized carbons (Fsp3) is 0.278. The summed E-state index contributed by atoms with van der Waals surface area (Å²) in [5, 5.41) is 10.5. The number of hydrogen-bond donors (Lipinski definition) is 2. The zero-order valence-corrected chi connectivity index (χ0v) is 13.2. The predicted octanol–water partition coefficient (Wildman–Crippen LogP) is 3.14. The summed E-state index contributed by atoms with van der Waals surface area (Å²) in [7, 11) is 0. The van der Waals surface area contributed by atoms with Crippen LogP contribution in [0.15, 0.2) is 42.7 Å². The van der Waals surface area contributed by atoms with E-state index in [1.165, 1.54) is 12.1 Å². The van der Waals surface area contributed by atoms with Crippen molar-refractivity contribution in [1.29, 1.82) is 0 Å². The summed E-state index contributed by atoms with van der Waals surface area (Å²) in [6.45, 7) is 1.97. The Labute approximate surface area is 139 Å². The Balaban J connectivity index is 1.71. The molecular formula is C18H18FN5. The van der Waals surface area contributed by atoms with E-state index in [0.29, 0.717) is 5.92 Å². The number of rotatable bonds is 3. The molecule has 0 spiro atoms. The van der Waals surface area contributed by atoms with Gasteiger partial charge in [-0.15, -0.1) is 0 Å². The van der Waals surface area contributed by atoms with Crippen LogP contribution in [-0.4, -0.2) is 33.3 Å². The van der Waals surface area contributed by atoms with Gasteiger partial charge < -0.3 is 5.32 Å². The molecule has 6 heteroatoms. The smallest absolute Gasteiger partial charge is 0.133 e. The molecule has 122 valence electrons. The van der Waals surface area contributed by atoms with Gasteiger partial charge in [0, 0.05) is 29.8 Å². The number of nitrogens with one attached hydrogen (secondary N) is 2. The normalized spacial score (nSPS) is 17.8. The van der Waals surface area contributed by atoms with Crippen LogP contribution in [0.25, 0.3) is 22.5 Å². The molecule has 3 aromatic rings. The minimum absolute atomic E-state index is 0.273. The number of nitrogens with zero attached hydrogens (tertiary/aromatic N) is 3. The Kier molecular flexibility index (Phi) is 4.04. The second kappa shape index (κ2) is 6.49. The average Bonchev–Trinajstić information content (AvgIpc) is 3.12. The maximum absolute atomic E-state index is 13.5. The number of aromatic amines is 1.